The molecule has 0 fully saturated rings. The van der Waals surface area contributed by atoms with Gasteiger partial charge in [-0.1, -0.05) is 37.6 Å². The van der Waals surface area contributed by atoms with Crippen molar-refractivity contribution in [3.63, 3.8) is 0 Å². The number of aliphatic imine (C=N–C) groups is 1. The summed E-state index contributed by atoms with van der Waals surface area (Å²) in [5.74, 6) is 0.759. The molecule has 0 bridgehead atoms. The first-order valence-electron chi connectivity index (χ1n) is 8.97. The number of guanidine groups is 1. The lowest BCUT2D eigenvalue weighted by atomic mass is 10.1. The van der Waals surface area contributed by atoms with Gasteiger partial charge in [-0.2, -0.15) is 0 Å². The maximum absolute atomic E-state index is 5.54. The molecule has 1 aromatic carbocycles. The summed E-state index contributed by atoms with van der Waals surface area (Å²) in [5, 5.41) is 6.56. The second-order valence-corrected chi connectivity index (χ2v) is 5.63. The molecule has 150 valence electrons. The molecule has 1 aromatic rings. The molecule has 1 rings (SSSR count). The summed E-state index contributed by atoms with van der Waals surface area (Å²) >= 11 is 0. The molecule has 0 saturated carbocycles. The summed E-state index contributed by atoms with van der Waals surface area (Å²) in [5.41, 5.74) is 2.38. The van der Waals surface area contributed by atoms with Crippen LogP contribution in [0, 0.1) is 0 Å². The van der Waals surface area contributed by atoms with E-state index >= 15 is 0 Å². The Balaban J connectivity index is 0.00000625. The van der Waals surface area contributed by atoms with Gasteiger partial charge < -0.3 is 24.8 Å². The molecular formula is C19H34IN3O3. The van der Waals surface area contributed by atoms with Crippen LogP contribution in [0.1, 0.15) is 30.9 Å². The van der Waals surface area contributed by atoms with Crippen molar-refractivity contribution in [2.45, 2.75) is 32.9 Å². The molecule has 0 saturated heterocycles. The maximum atomic E-state index is 5.54. The SMILES string of the molecule is CCCCOCCOCCNC(=NC)NCc1ccccc1COC.I. The van der Waals surface area contributed by atoms with E-state index in [1.54, 1.807) is 14.2 Å². The van der Waals surface area contributed by atoms with Crippen LogP contribution in [0.4, 0.5) is 0 Å². The summed E-state index contributed by atoms with van der Waals surface area (Å²) in [4.78, 5) is 4.23. The van der Waals surface area contributed by atoms with E-state index in [-0.39, 0.29) is 24.0 Å². The van der Waals surface area contributed by atoms with Crippen LogP contribution < -0.4 is 10.6 Å². The molecule has 0 aliphatic heterocycles. The number of hydrogen-bond acceptors (Lipinski definition) is 4. The van der Waals surface area contributed by atoms with Crippen LogP contribution >= 0.6 is 24.0 Å². The molecule has 0 amide bonds. The lowest BCUT2D eigenvalue weighted by Crippen LogP contribution is -2.38. The smallest absolute Gasteiger partial charge is 0.191 e. The molecule has 0 aromatic heterocycles. The zero-order valence-corrected chi connectivity index (χ0v) is 18.6. The molecule has 0 aliphatic rings. The fraction of sp³-hybridized carbons (Fsp3) is 0.632. The number of rotatable bonds is 13. The van der Waals surface area contributed by atoms with Crippen molar-refractivity contribution >= 4 is 29.9 Å². The van der Waals surface area contributed by atoms with Crippen LogP contribution in [0.2, 0.25) is 0 Å². The monoisotopic (exact) mass is 479 g/mol. The van der Waals surface area contributed by atoms with E-state index in [1.165, 1.54) is 11.1 Å². The molecular weight excluding hydrogens is 445 g/mol. The Bertz CT molecular complexity index is 487. The van der Waals surface area contributed by atoms with Crippen LogP contribution in [-0.4, -0.2) is 53.1 Å². The van der Waals surface area contributed by atoms with Crippen LogP contribution in [0.25, 0.3) is 0 Å². The van der Waals surface area contributed by atoms with E-state index in [0.717, 1.165) is 25.4 Å². The maximum Gasteiger partial charge on any atom is 0.191 e. The van der Waals surface area contributed by atoms with Gasteiger partial charge in [0.15, 0.2) is 5.96 Å². The van der Waals surface area contributed by atoms with Gasteiger partial charge in [0.05, 0.1) is 26.4 Å². The van der Waals surface area contributed by atoms with Crippen molar-refractivity contribution in [1.29, 1.82) is 0 Å². The quantitative estimate of drug-likeness (QED) is 0.197. The summed E-state index contributed by atoms with van der Waals surface area (Å²) in [6, 6.07) is 8.22. The predicted molar refractivity (Wildman–Crippen MR) is 117 cm³/mol. The van der Waals surface area contributed by atoms with E-state index in [4.69, 9.17) is 14.2 Å². The third-order valence-electron chi connectivity index (χ3n) is 3.64. The minimum atomic E-state index is 0. The highest BCUT2D eigenvalue weighted by atomic mass is 127. The molecule has 0 radical (unpaired) electrons. The standard InChI is InChI=1S/C19H33N3O3.HI/c1-4-5-11-24-13-14-25-12-10-21-19(20-2)22-15-17-8-6-7-9-18(17)16-23-3;/h6-9H,4-5,10-16H2,1-3H3,(H2,20,21,22);1H. The van der Waals surface area contributed by atoms with Crippen molar-refractivity contribution in [1.82, 2.24) is 10.6 Å². The molecule has 7 heteroatoms. The van der Waals surface area contributed by atoms with Gasteiger partial charge in [0, 0.05) is 33.9 Å². The van der Waals surface area contributed by atoms with Gasteiger partial charge >= 0.3 is 0 Å². The summed E-state index contributed by atoms with van der Waals surface area (Å²) < 4.78 is 16.2. The van der Waals surface area contributed by atoms with E-state index in [9.17, 15) is 0 Å². The summed E-state index contributed by atoms with van der Waals surface area (Å²) in [6.45, 7) is 6.89. The molecule has 6 nitrogen and oxygen atoms in total. The highest BCUT2D eigenvalue weighted by Gasteiger charge is 2.03. The number of methoxy groups -OCH3 is 1. The van der Waals surface area contributed by atoms with Crippen LogP contribution in [0.5, 0.6) is 0 Å². The average Bonchev–Trinajstić information content (AvgIpc) is 2.64. The van der Waals surface area contributed by atoms with Crippen LogP contribution in [-0.2, 0) is 27.4 Å². The number of halogens is 1. The van der Waals surface area contributed by atoms with Gasteiger partial charge in [-0.05, 0) is 17.5 Å². The zero-order valence-electron chi connectivity index (χ0n) is 16.3. The Hall–Kier alpha value is -0.900. The number of unbranched alkanes of at least 4 members (excludes halogenated alkanes) is 1. The largest absolute Gasteiger partial charge is 0.380 e. The van der Waals surface area contributed by atoms with Gasteiger partial charge in [0.2, 0.25) is 0 Å². The molecule has 0 aliphatic carbocycles. The number of ether oxygens (including phenoxy) is 3. The first-order chi connectivity index (χ1) is 12.3. The Labute approximate surface area is 175 Å². The highest BCUT2D eigenvalue weighted by Crippen LogP contribution is 2.09. The number of nitrogens with zero attached hydrogens (tertiary/aromatic N) is 1. The Morgan fingerprint density at radius 1 is 1.00 bits per heavy atom. The highest BCUT2D eigenvalue weighted by molar-refractivity contribution is 14.0. The summed E-state index contributed by atoms with van der Waals surface area (Å²) in [6.07, 6.45) is 2.27. The number of benzene rings is 1. The van der Waals surface area contributed by atoms with Crippen molar-refractivity contribution in [2.24, 2.45) is 4.99 Å². The Morgan fingerprint density at radius 3 is 2.35 bits per heavy atom. The molecule has 0 unspecified atom stereocenters. The van der Waals surface area contributed by atoms with Crippen molar-refractivity contribution in [2.75, 3.05) is 47.1 Å². The Kier molecular flexibility index (Phi) is 16.9. The lowest BCUT2D eigenvalue weighted by Gasteiger charge is -2.14. The second-order valence-electron chi connectivity index (χ2n) is 5.63. The number of nitrogens with one attached hydrogen (secondary N) is 2. The van der Waals surface area contributed by atoms with Crippen molar-refractivity contribution in [3.8, 4) is 0 Å². The molecule has 2 N–H and O–H groups in total. The van der Waals surface area contributed by atoms with Gasteiger partial charge in [-0.3, -0.25) is 4.99 Å². The lowest BCUT2D eigenvalue weighted by molar-refractivity contribution is 0.0487. The van der Waals surface area contributed by atoms with E-state index in [1.807, 2.05) is 12.1 Å². The van der Waals surface area contributed by atoms with Crippen LogP contribution in [0.15, 0.2) is 29.3 Å². The van der Waals surface area contributed by atoms with Gasteiger partial charge in [-0.15, -0.1) is 24.0 Å². The van der Waals surface area contributed by atoms with Gasteiger partial charge in [-0.25, -0.2) is 0 Å². The Morgan fingerprint density at radius 2 is 1.69 bits per heavy atom. The van der Waals surface area contributed by atoms with Crippen molar-refractivity contribution < 1.29 is 14.2 Å². The van der Waals surface area contributed by atoms with Crippen molar-refractivity contribution in [3.05, 3.63) is 35.4 Å². The molecule has 0 atom stereocenters. The third kappa shape index (κ3) is 11.7. The normalized spacial score (nSPS) is 11.1. The first-order valence-corrected chi connectivity index (χ1v) is 8.97. The first kappa shape index (κ1) is 25.1. The minimum absolute atomic E-state index is 0. The fourth-order valence-corrected chi connectivity index (χ4v) is 2.24. The second kappa shape index (κ2) is 17.5. The zero-order chi connectivity index (χ0) is 18.2. The molecule has 0 spiro atoms. The van der Waals surface area contributed by atoms with Gasteiger partial charge in [0.25, 0.3) is 0 Å². The summed E-state index contributed by atoms with van der Waals surface area (Å²) in [7, 11) is 3.47. The van der Waals surface area contributed by atoms with Gasteiger partial charge in [0.1, 0.15) is 0 Å². The molecule has 26 heavy (non-hydrogen) atoms. The topological polar surface area (TPSA) is 64.1 Å². The fourth-order valence-electron chi connectivity index (χ4n) is 2.24. The van der Waals surface area contributed by atoms with E-state index in [2.05, 4.69) is 34.7 Å². The number of hydrogen-bond donors (Lipinski definition) is 2. The van der Waals surface area contributed by atoms with E-state index in [0.29, 0.717) is 39.5 Å². The third-order valence-corrected chi connectivity index (χ3v) is 3.64. The minimum Gasteiger partial charge on any atom is -0.380 e. The molecule has 0 heterocycles. The van der Waals surface area contributed by atoms with E-state index < -0.39 is 0 Å². The van der Waals surface area contributed by atoms with Crippen LogP contribution in [0.3, 0.4) is 0 Å². The average molecular weight is 479 g/mol. The predicted octanol–water partition coefficient (Wildman–Crippen LogP) is 2.95.